The minimum atomic E-state index is -3.37. The fraction of sp³-hybridized carbons (Fsp3) is 0.357. The van der Waals surface area contributed by atoms with Crippen LogP contribution in [0.25, 0.3) is 0 Å². The van der Waals surface area contributed by atoms with E-state index in [-0.39, 0.29) is 11.6 Å². The standard InChI is InChI=1S/C14H17FN2O2S/c1-3-14(11-4-6-12(15)7-5-11)20(18,19)10-13-8-9-16-17(13)2/h4-9,14H,3,10H2,1-2H3/t14-/m0/s1. The van der Waals surface area contributed by atoms with E-state index >= 15 is 0 Å². The highest BCUT2D eigenvalue weighted by Crippen LogP contribution is 2.28. The van der Waals surface area contributed by atoms with Crippen molar-refractivity contribution < 1.29 is 12.8 Å². The number of benzene rings is 1. The second kappa shape index (κ2) is 5.75. The van der Waals surface area contributed by atoms with E-state index in [0.717, 1.165) is 0 Å². The summed E-state index contributed by atoms with van der Waals surface area (Å²) in [5, 5.41) is 3.35. The van der Waals surface area contributed by atoms with Crippen molar-refractivity contribution in [2.45, 2.75) is 24.3 Å². The maximum absolute atomic E-state index is 12.9. The lowest BCUT2D eigenvalue weighted by molar-refractivity contribution is 0.574. The van der Waals surface area contributed by atoms with Gasteiger partial charge in [-0.15, -0.1) is 0 Å². The molecule has 0 unspecified atom stereocenters. The second-order valence-electron chi connectivity index (χ2n) is 4.70. The van der Waals surface area contributed by atoms with Gasteiger partial charge in [0.1, 0.15) is 5.82 Å². The highest BCUT2D eigenvalue weighted by atomic mass is 32.2. The molecule has 0 bridgehead atoms. The summed E-state index contributed by atoms with van der Waals surface area (Å²) in [5.74, 6) is -0.438. The summed E-state index contributed by atoms with van der Waals surface area (Å²) < 4.78 is 39.6. The molecule has 0 aliphatic heterocycles. The van der Waals surface area contributed by atoms with E-state index < -0.39 is 15.1 Å². The average molecular weight is 296 g/mol. The Kier molecular flexibility index (Phi) is 4.23. The lowest BCUT2D eigenvalue weighted by Gasteiger charge is -2.16. The highest BCUT2D eigenvalue weighted by molar-refractivity contribution is 7.90. The van der Waals surface area contributed by atoms with Crippen LogP contribution in [0.2, 0.25) is 0 Å². The Bertz CT molecular complexity index is 677. The third kappa shape index (κ3) is 3.07. The first kappa shape index (κ1) is 14.7. The van der Waals surface area contributed by atoms with Crippen molar-refractivity contribution in [3.63, 3.8) is 0 Å². The van der Waals surface area contributed by atoms with Gasteiger partial charge in [0, 0.05) is 13.2 Å². The molecule has 0 aliphatic carbocycles. The zero-order valence-corrected chi connectivity index (χ0v) is 12.3. The highest BCUT2D eigenvalue weighted by Gasteiger charge is 2.26. The van der Waals surface area contributed by atoms with Crippen LogP contribution in [-0.4, -0.2) is 18.2 Å². The summed E-state index contributed by atoms with van der Waals surface area (Å²) in [6, 6.07) is 7.33. The molecule has 4 nitrogen and oxygen atoms in total. The molecule has 1 heterocycles. The molecule has 0 saturated carbocycles. The van der Waals surface area contributed by atoms with Crippen LogP contribution in [0.15, 0.2) is 36.5 Å². The van der Waals surface area contributed by atoms with Gasteiger partial charge in [-0.3, -0.25) is 4.68 Å². The summed E-state index contributed by atoms with van der Waals surface area (Å²) in [5.41, 5.74) is 1.27. The van der Waals surface area contributed by atoms with E-state index in [9.17, 15) is 12.8 Å². The molecule has 6 heteroatoms. The van der Waals surface area contributed by atoms with Gasteiger partial charge in [0.25, 0.3) is 0 Å². The van der Waals surface area contributed by atoms with Crippen molar-refractivity contribution in [1.29, 1.82) is 0 Å². The fourth-order valence-electron chi connectivity index (χ4n) is 2.22. The molecule has 108 valence electrons. The van der Waals surface area contributed by atoms with E-state index in [1.807, 2.05) is 6.92 Å². The molecule has 0 spiro atoms. The van der Waals surface area contributed by atoms with Crippen LogP contribution < -0.4 is 0 Å². The van der Waals surface area contributed by atoms with E-state index in [2.05, 4.69) is 5.10 Å². The third-order valence-electron chi connectivity index (χ3n) is 3.32. The first-order valence-electron chi connectivity index (χ1n) is 6.38. The van der Waals surface area contributed by atoms with Gasteiger partial charge < -0.3 is 0 Å². The SMILES string of the molecule is CC[C@@H](c1ccc(F)cc1)S(=O)(=O)Cc1ccnn1C. The van der Waals surface area contributed by atoms with Gasteiger partial charge in [0.2, 0.25) is 0 Å². The predicted molar refractivity (Wildman–Crippen MR) is 75.3 cm³/mol. The first-order valence-corrected chi connectivity index (χ1v) is 8.09. The van der Waals surface area contributed by atoms with Crippen LogP contribution in [0.1, 0.15) is 29.9 Å². The molecule has 0 radical (unpaired) electrons. The molecule has 0 aliphatic rings. The molecule has 1 aromatic heterocycles. The van der Waals surface area contributed by atoms with Gasteiger partial charge in [0.05, 0.1) is 16.7 Å². The summed E-state index contributed by atoms with van der Waals surface area (Å²) >= 11 is 0. The van der Waals surface area contributed by atoms with Gasteiger partial charge in [0.15, 0.2) is 9.84 Å². The van der Waals surface area contributed by atoms with Crippen LogP contribution in [0, 0.1) is 5.82 Å². The number of halogens is 1. The van der Waals surface area contributed by atoms with Crippen molar-refractivity contribution in [3.05, 3.63) is 53.6 Å². The maximum Gasteiger partial charge on any atom is 0.162 e. The average Bonchev–Trinajstić information content (AvgIpc) is 2.77. The van der Waals surface area contributed by atoms with Crippen LogP contribution in [0.3, 0.4) is 0 Å². The molecule has 2 aromatic rings. The number of aryl methyl sites for hydroxylation is 1. The topological polar surface area (TPSA) is 52.0 Å². The lowest BCUT2D eigenvalue weighted by Crippen LogP contribution is -2.16. The Balaban J connectivity index is 2.30. The zero-order chi connectivity index (χ0) is 14.8. The van der Waals surface area contributed by atoms with E-state index in [1.54, 1.807) is 24.0 Å². The summed E-state index contributed by atoms with van der Waals surface area (Å²) in [7, 11) is -1.66. The smallest absolute Gasteiger partial charge is 0.162 e. The van der Waals surface area contributed by atoms with Gasteiger partial charge in [-0.25, -0.2) is 12.8 Å². The molecule has 2 rings (SSSR count). The Labute approximate surface area is 118 Å². The normalized spacial score (nSPS) is 13.3. The lowest BCUT2D eigenvalue weighted by atomic mass is 10.1. The summed E-state index contributed by atoms with van der Waals surface area (Å²) in [6.45, 7) is 1.81. The zero-order valence-electron chi connectivity index (χ0n) is 11.5. The van der Waals surface area contributed by atoms with Crippen molar-refractivity contribution in [2.75, 3.05) is 0 Å². The van der Waals surface area contributed by atoms with Crippen LogP contribution >= 0.6 is 0 Å². The monoisotopic (exact) mass is 296 g/mol. The fourth-order valence-corrected chi connectivity index (χ4v) is 4.20. The van der Waals surface area contributed by atoms with Gasteiger partial charge in [-0.05, 0) is 30.2 Å². The molecule has 1 atom stereocenters. The minimum absolute atomic E-state index is 0.0701. The number of hydrogen-bond acceptors (Lipinski definition) is 3. The summed E-state index contributed by atoms with van der Waals surface area (Å²) in [4.78, 5) is 0. The maximum atomic E-state index is 12.9. The minimum Gasteiger partial charge on any atom is -0.272 e. The van der Waals surface area contributed by atoms with Crippen molar-refractivity contribution in [2.24, 2.45) is 7.05 Å². The van der Waals surface area contributed by atoms with Gasteiger partial charge in [-0.2, -0.15) is 5.10 Å². The second-order valence-corrected chi connectivity index (χ2v) is 6.89. The third-order valence-corrected chi connectivity index (χ3v) is 5.49. The van der Waals surface area contributed by atoms with Gasteiger partial charge >= 0.3 is 0 Å². The van der Waals surface area contributed by atoms with Crippen LogP contribution in [0.4, 0.5) is 4.39 Å². The van der Waals surface area contributed by atoms with Crippen molar-refractivity contribution in [1.82, 2.24) is 9.78 Å². The predicted octanol–water partition coefficient (Wildman–Crippen LogP) is 2.63. The number of nitrogens with zero attached hydrogens (tertiary/aromatic N) is 2. The van der Waals surface area contributed by atoms with Crippen LogP contribution in [-0.2, 0) is 22.6 Å². The van der Waals surface area contributed by atoms with E-state index in [1.165, 1.54) is 24.3 Å². The van der Waals surface area contributed by atoms with Gasteiger partial charge in [-0.1, -0.05) is 19.1 Å². The molecule has 0 fully saturated rings. The molecule has 20 heavy (non-hydrogen) atoms. The molecule has 0 saturated heterocycles. The van der Waals surface area contributed by atoms with E-state index in [0.29, 0.717) is 17.7 Å². The quantitative estimate of drug-likeness (QED) is 0.852. The molecule has 1 aromatic carbocycles. The number of hydrogen-bond donors (Lipinski definition) is 0. The van der Waals surface area contributed by atoms with Crippen molar-refractivity contribution >= 4 is 9.84 Å². The summed E-state index contributed by atoms with van der Waals surface area (Å²) in [6.07, 6.45) is 2.02. The Morgan fingerprint density at radius 2 is 1.90 bits per heavy atom. The number of sulfone groups is 1. The van der Waals surface area contributed by atoms with E-state index in [4.69, 9.17) is 0 Å². The number of aromatic nitrogens is 2. The Hall–Kier alpha value is -1.69. The van der Waals surface area contributed by atoms with Crippen LogP contribution in [0.5, 0.6) is 0 Å². The molecular weight excluding hydrogens is 279 g/mol. The molecular formula is C14H17FN2O2S. The first-order chi connectivity index (χ1) is 9.44. The van der Waals surface area contributed by atoms with Crippen molar-refractivity contribution in [3.8, 4) is 0 Å². The molecule has 0 amide bonds. The largest absolute Gasteiger partial charge is 0.272 e. The Morgan fingerprint density at radius 1 is 1.25 bits per heavy atom. The number of rotatable bonds is 5. The molecule has 0 N–H and O–H groups in total. The Morgan fingerprint density at radius 3 is 2.40 bits per heavy atom.